The fraction of sp³-hybridized carbons (Fsp3) is 0. The van der Waals surface area contributed by atoms with Crippen molar-refractivity contribution in [3.05, 3.63) is 60.7 Å². The van der Waals surface area contributed by atoms with Gasteiger partial charge in [-0.2, -0.15) is 0 Å². The fourth-order valence-corrected chi connectivity index (χ4v) is 2.67. The maximum absolute atomic E-state index is 2.21. The predicted octanol–water partition coefficient (Wildman–Crippen LogP) is 4.91. The Kier molecular flexibility index (Phi) is 2.91. The molecule has 0 saturated carbocycles. The van der Waals surface area contributed by atoms with Gasteiger partial charge in [0, 0.05) is 0 Å². The first-order valence-electron chi connectivity index (χ1n) is 5.56. The molecule has 90 valence electrons. The maximum atomic E-state index is 2.21. The Morgan fingerprint density at radius 3 is 0.944 bits per heavy atom. The van der Waals surface area contributed by atoms with E-state index >= 15 is 0 Å². The third kappa shape index (κ3) is 1.44. The Bertz CT molecular complexity index is 676. The van der Waals surface area contributed by atoms with Crippen LogP contribution in [-0.4, -0.2) is 0 Å². The van der Waals surface area contributed by atoms with Crippen LogP contribution in [0, 0.1) is 0 Å². The highest BCUT2D eigenvalue weighted by Crippen LogP contribution is 2.33. The first-order chi connectivity index (χ1) is 7.93. The second-order valence-corrected chi connectivity index (χ2v) is 4.29. The van der Waals surface area contributed by atoms with Crippen molar-refractivity contribution in [1.82, 2.24) is 12.3 Å². The average Bonchev–Trinajstić information content (AvgIpc) is 2.36. The minimum absolute atomic E-state index is 0. The smallest absolute Gasteiger partial charge is 0.00268 e. The van der Waals surface area contributed by atoms with E-state index in [0.717, 1.165) is 0 Å². The lowest BCUT2D eigenvalue weighted by molar-refractivity contribution is 1.78. The third-order valence-corrected chi connectivity index (χ3v) is 3.39. The standard InChI is InChI=1S/C16H10.2H3N/c1-3-11-7-9-13-5-2-6-14-10-8-12(4-1)15(11)16(13)14;;/h1-10H;2*1H3. The van der Waals surface area contributed by atoms with Crippen molar-refractivity contribution < 1.29 is 0 Å². The second-order valence-electron chi connectivity index (χ2n) is 4.29. The molecular weight excluding hydrogens is 220 g/mol. The van der Waals surface area contributed by atoms with E-state index in [1.165, 1.54) is 32.3 Å². The molecule has 0 unspecified atom stereocenters. The van der Waals surface area contributed by atoms with Gasteiger partial charge in [-0.1, -0.05) is 60.7 Å². The molecule has 0 bridgehead atoms. The second kappa shape index (κ2) is 4.26. The van der Waals surface area contributed by atoms with Crippen molar-refractivity contribution in [2.24, 2.45) is 0 Å². The summed E-state index contributed by atoms with van der Waals surface area (Å²) in [4.78, 5) is 0. The SMILES string of the molecule is N.N.c1cc2ccc3cccc4ccc(c1)c2c34. The summed E-state index contributed by atoms with van der Waals surface area (Å²) in [6, 6.07) is 21.9. The molecule has 18 heavy (non-hydrogen) atoms. The molecule has 0 heterocycles. The monoisotopic (exact) mass is 236 g/mol. The van der Waals surface area contributed by atoms with Crippen LogP contribution in [0.15, 0.2) is 60.7 Å². The molecule has 0 atom stereocenters. The van der Waals surface area contributed by atoms with Crippen LogP contribution in [0.4, 0.5) is 0 Å². The molecule has 0 aliphatic carbocycles. The third-order valence-electron chi connectivity index (χ3n) is 3.39. The molecule has 0 saturated heterocycles. The molecule has 2 heteroatoms. The number of hydrogen-bond acceptors (Lipinski definition) is 2. The van der Waals surface area contributed by atoms with E-state index in [9.17, 15) is 0 Å². The number of rotatable bonds is 0. The molecule has 0 aliphatic heterocycles. The zero-order valence-electron chi connectivity index (χ0n) is 10.2. The van der Waals surface area contributed by atoms with Crippen LogP contribution in [-0.2, 0) is 0 Å². The Morgan fingerprint density at radius 2 is 0.667 bits per heavy atom. The van der Waals surface area contributed by atoms with Gasteiger partial charge in [-0.05, 0) is 32.3 Å². The van der Waals surface area contributed by atoms with Gasteiger partial charge < -0.3 is 12.3 Å². The molecule has 4 aromatic carbocycles. The molecule has 0 aliphatic rings. The van der Waals surface area contributed by atoms with Gasteiger partial charge in [0.05, 0.1) is 0 Å². The normalized spacial score (nSPS) is 10.4. The highest BCUT2D eigenvalue weighted by atomic mass is 14.1. The van der Waals surface area contributed by atoms with E-state index in [1.54, 1.807) is 0 Å². The summed E-state index contributed by atoms with van der Waals surface area (Å²) in [7, 11) is 0. The number of benzene rings is 4. The fourth-order valence-electron chi connectivity index (χ4n) is 2.67. The molecule has 0 aromatic heterocycles. The van der Waals surface area contributed by atoms with Gasteiger partial charge in [-0.25, -0.2) is 0 Å². The summed E-state index contributed by atoms with van der Waals surface area (Å²) in [6.45, 7) is 0. The van der Waals surface area contributed by atoms with Gasteiger partial charge in [0.2, 0.25) is 0 Å². The maximum Gasteiger partial charge on any atom is -0.00268 e. The van der Waals surface area contributed by atoms with Crippen molar-refractivity contribution >= 4 is 32.3 Å². The summed E-state index contributed by atoms with van der Waals surface area (Å²) in [5.41, 5.74) is 0. The van der Waals surface area contributed by atoms with Crippen molar-refractivity contribution in [2.45, 2.75) is 0 Å². The summed E-state index contributed by atoms with van der Waals surface area (Å²) in [6.07, 6.45) is 0. The highest BCUT2D eigenvalue weighted by molar-refractivity contribution is 6.22. The minimum atomic E-state index is 0. The zero-order chi connectivity index (χ0) is 10.5. The van der Waals surface area contributed by atoms with E-state index in [0.29, 0.717) is 0 Å². The van der Waals surface area contributed by atoms with Crippen molar-refractivity contribution in [3.8, 4) is 0 Å². The summed E-state index contributed by atoms with van der Waals surface area (Å²) in [5, 5.41) is 8.14. The molecule has 0 fully saturated rings. The predicted molar refractivity (Wildman–Crippen MR) is 80.2 cm³/mol. The van der Waals surface area contributed by atoms with Gasteiger partial charge in [0.1, 0.15) is 0 Å². The van der Waals surface area contributed by atoms with Crippen LogP contribution < -0.4 is 12.3 Å². The molecule has 0 spiro atoms. The summed E-state index contributed by atoms with van der Waals surface area (Å²) < 4.78 is 0. The van der Waals surface area contributed by atoms with Gasteiger partial charge in [0.25, 0.3) is 0 Å². The molecule has 6 N–H and O–H groups in total. The molecule has 4 aromatic rings. The quantitative estimate of drug-likeness (QED) is 0.426. The van der Waals surface area contributed by atoms with Crippen LogP contribution in [0.3, 0.4) is 0 Å². The van der Waals surface area contributed by atoms with E-state index in [4.69, 9.17) is 0 Å². The van der Waals surface area contributed by atoms with E-state index in [-0.39, 0.29) is 12.3 Å². The lowest BCUT2D eigenvalue weighted by Gasteiger charge is -2.09. The van der Waals surface area contributed by atoms with Crippen molar-refractivity contribution in [3.63, 3.8) is 0 Å². The topological polar surface area (TPSA) is 70.0 Å². The average molecular weight is 236 g/mol. The van der Waals surface area contributed by atoms with E-state index in [1.807, 2.05) is 0 Å². The summed E-state index contributed by atoms with van der Waals surface area (Å²) >= 11 is 0. The zero-order valence-corrected chi connectivity index (χ0v) is 10.2. The van der Waals surface area contributed by atoms with Crippen molar-refractivity contribution in [2.75, 3.05) is 0 Å². The lowest BCUT2D eigenvalue weighted by Crippen LogP contribution is -1.82. The Hall–Kier alpha value is -2.16. The van der Waals surface area contributed by atoms with Gasteiger partial charge in [-0.15, -0.1) is 0 Å². The Morgan fingerprint density at radius 1 is 0.389 bits per heavy atom. The molecule has 2 nitrogen and oxygen atoms in total. The van der Waals surface area contributed by atoms with Crippen LogP contribution >= 0.6 is 0 Å². The van der Waals surface area contributed by atoms with E-state index in [2.05, 4.69) is 60.7 Å². The largest absolute Gasteiger partial charge is 0.344 e. The van der Waals surface area contributed by atoms with Gasteiger partial charge in [-0.3, -0.25) is 0 Å². The molecular formula is C16H16N2. The number of hydrogen-bond donors (Lipinski definition) is 2. The first-order valence-corrected chi connectivity index (χ1v) is 5.56. The highest BCUT2D eigenvalue weighted by Gasteiger charge is 2.05. The van der Waals surface area contributed by atoms with Crippen molar-refractivity contribution in [1.29, 1.82) is 0 Å². The van der Waals surface area contributed by atoms with Gasteiger partial charge in [0.15, 0.2) is 0 Å². The molecule has 0 radical (unpaired) electrons. The summed E-state index contributed by atoms with van der Waals surface area (Å²) in [5.74, 6) is 0. The Labute approximate surface area is 106 Å². The Balaban J connectivity index is 0.000000602. The first kappa shape index (κ1) is 12.3. The lowest BCUT2D eigenvalue weighted by atomic mass is 9.95. The van der Waals surface area contributed by atoms with Crippen LogP contribution in [0.5, 0.6) is 0 Å². The van der Waals surface area contributed by atoms with Crippen LogP contribution in [0.25, 0.3) is 32.3 Å². The molecule has 0 amide bonds. The molecule has 4 rings (SSSR count). The van der Waals surface area contributed by atoms with E-state index < -0.39 is 0 Å². The van der Waals surface area contributed by atoms with Crippen LogP contribution in [0.2, 0.25) is 0 Å². The van der Waals surface area contributed by atoms with Crippen LogP contribution in [0.1, 0.15) is 0 Å². The minimum Gasteiger partial charge on any atom is -0.344 e. The van der Waals surface area contributed by atoms with Gasteiger partial charge >= 0.3 is 0 Å².